The first-order chi connectivity index (χ1) is 14.2. The number of aromatic nitrogens is 2. The van der Waals surface area contributed by atoms with Crippen molar-refractivity contribution in [2.24, 2.45) is 7.05 Å². The van der Waals surface area contributed by atoms with Gasteiger partial charge in [0.2, 0.25) is 5.88 Å². The second kappa shape index (κ2) is 8.67. The van der Waals surface area contributed by atoms with E-state index in [4.69, 9.17) is 16.3 Å². The lowest BCUT2D eigenvalue weighted by Gasteiger charge is -2.16. The molecule has 156 valence electrons. The molecule has 8 heteroatoms. The van der Waals surface area contributed by atoms with Crippen LogP contribution < -0.4 is 10.1 Å². The first kappa shape index (κ1) is 21.5. The minimum absolute atomic E-state index is 0.0259. The lowest BCUT2D eigenvalue weighted by molar-refractivity contribution is 0.0935. The highest BCUT2D eigenvalue weighted by molar-refractivity contribution is 6.32. The van der Waals surface area contributed by atoms with Crippen LogP contribution in [0.2, 0.25) is 5.02 Å². The minimum Gasteiger partial charge on any atom is -0.437 e. The number of nitrogens with one attached hydrogen (secondary N) is 1. The van der Waals surface area contributed by atoms with Gasteiger partial charge in [0, 0.05) is 18.7 Å². The van der Waals surface area contributed by atoms with Gasteiger partial charge in [-0.3, -0.25) is 9.59 Å². The molecule has 1 N–H and O–H groups in total. The molecule has 6 nitrogen and oxygen atoms in total. The van der Waals surface area contributed by atoms with Gasteiger partial charge >= 0.3 is 0 Å². The molecule has 0 aliphatic carbocycles. The average Bonchev–Trinajstić information content (AvgIpc) is 2.97. The fraction of sp³-hybridized carbons (Fsp3) is 0.227. The van der Waals surface area contributed by atoms with Crippen molar-refractivity contribution in [1.29, 1.82) is 0 Å². The van der Waals surface area contributed by atoms with Crippen molar-refractivity contribution in [3.63, 3.8) is 0 Å². The van der Waals surface area contributed by atoms with E-state index in [0.29, 0.717) is 11.3 Å². The Bertz CT molecular complexity index is 1110. The fourth-order valence-corrected chi connectivity index (χ4v) is 3.19. The van der Waals surface area contributed by atoms with Crippen LogP contribution in [0.25, 0.3) is 0 Å². The lowest BCUT2D eigenvalue weighted by atomic mass is 10.0. The summed E-state index contributed by atoms with van der Waals surface area (Å²) in [6.45, 7) is 5.01. The predicted molar refractivity (Wildman–Crippen MR) is 112 cm³/mol. The number of halogens is 2. The van der Waals surface area contributed by atoms with Crippen molar-refractivity contribution in [2.75, 3.05) is 0 Å². The van der Waals surface area contributed by atoms with E-state index in [1.165, 1.54) is 23.7 Å². The molecule has 30 heavy (non-hydrogen) atoms. The average molecular weight is 430 g/mol. The summed E-state index contributed by atoms with van der Waals surface area (Å²) in [5, 5.41) is 7.36. The van der Waals surface area contributed by atoms with Crippen LogP contribution in [0.5, 0.6) is 11.6 Å². The summed E-state index contributed by atoms with van der Waals surface area (Å²) < 4.78 is 20.7. The number of hydrogen-bond donors (Lipinski definition) is 1. The zero-order valence-corrected chi connectivity index (χ0v) is 17.7. The minimum atomic E-state index is -0.512. The molecular weight excluding hydrogens is 409 g/mol. The maximum Gasteiger partial charge on any atom is 0.259 e. The van der Waals surface area contributed by atoms with Gasteiger partial charge in [-0.1, -0.05) is 35.9 Å². The van der Waals surface area contributed by atoms with Crippen LogP contribution in [0.1, 0.15) is 51.9 Å². The molecule has 3 aromatic rings. The van der Waals surface area contributed by atoms with Crippen molar-refractivity contribution in [3.05, 3.63) is 75.7 Å². The van der Waals surface area contributed by atoms with Crippen molar-refractivity contribution >= 4 is 23.3 Å². The van der Waals surface area contributed by atoms with Crippen molar-refractivity contribution in [2.45, 2.75) is 26.8 Å². The molecule has 0 fully saturated rings. The number of hydrogen-bond acceptors (Lipinski definition) is 4. The first-order valence-electron chi connectivity index (χ1n) is 9.25. The summed E-state index contributed by atoms with van der Waals surface area (Å²) in [5.41, 5.74) is 2.12. The van der Waals surface area contributed by atoms with Crippen LogP contribution in [0.15, 0.2) is 42.5 Å². The van der Waals surface area contributed by atoms with Crippen molar-refractivity contribution in [1.82, 2.24) is 15.1 Å². The normalized spacial score (nSPS) is 11.8. The van der Waals surface area contributed by atoms with E-state index in [1.807, 2.05) is 6.92 Å². The largest absolute Gasteiger partial charge is 0.437 e. The maximum atomic E-state index is 13.6. The van der Waals surface area contributed by atoms with Gasteiger partial charge in [-0.05, 0) is 38.5 Å². The molecule has 0 aliphatic rings. The Hall–Kier alpha value is -3.19. The third-order valence-electron chi connectivity index (χ3n) is 4.66. The zero-order chi connectivity index (χ0) is 22.0. The number of carbonyl (C=O) groups excluding carboxylic acids is 2. The highest BCUT2D eigenvalue weighted by atomic mass is 35.5. The monoisotopic (exact) mass is 429 g/mol. The third-order valence-corrected chi connectivity index (χ3v) is 4.97. The summed E-state index contributed by atoms with van der Waals surface area (Å²) in [4.78, 5) is 24.4. The van der Waals surface area contributed by atoms with Gasteiger partial charge in [0.25, 0.3) is 5.91 Å². The van der Waals surface area contributed by atoms with Gasteiger partial charge in [0.1, 0.15) is 11.4 Å². The summed E-state index contributed by atoms with van der Waals surface area (Å²) in [7, 11) is 1.62. The Balaban J connectivity index is 1.85. The lowest BCUT2D eigenvalue weighted by Crippen LogP contribution is -2.27. The van der Waals surface area contributed by atoms with Gasteiger partial charge in [0.15, 0.2) is 11.5 Å². The van der Waals surface area contributed by atoms with E-state index in [0.717, 1.165) is 11.6 Å². The molecule has 0 unspecified atom stereocenters. The SMILES string of the molecule is CC(=O)c1ccc([C@H](C)NC(=O)c2c(C)nn(C)c2Oc2cc(F)ccc2Cl)cc1. The molecule has 3 rings (SSSR count). The summed E-state index contributed by atoms with van der Waals surface area (Å²) in [6.07, 6.45) is 0. The van der Waals surface area contributed by atoms with Gasteiger partial charge in [0.05, 0.1) is 16.8 Å². The quantitative estimate of drug-likeness (QED) is 0.559. The number of amides is 1. The Morgan fingerprint density at radius 3 is 2.50 bits per heavy atom. The molecule has 1 aromatic heterocycles. The molecule has 0 radical (unpaired) electrons. The van der Waals surface area contributed by atoms with Crippen LogP contribution in [0.4, 0.5) is 4.39 Å². The second-order valence-corrected chi connectivity index (χ2v) is 7.35. The first-order valence-corrected chi connectivity index (χ1v) is 9.63. The van der Waals surface area contributed by atoms with E-state index in [-0.39, 0.29) is 34.0 Å². The zero-order valence-electron chi connectivity index (χ0n) is 17.0. The highest BCUT2D eigenvalue weighted by Crippen LogP contribution is 2.33. The molecular formula is C22H21ClFN3O3. The third kappa shape index (κ3) is 4.52. The second-order valence-electron chi connectivity index (χ2n) is 6.94. The Kier molecular flexibility index (Phi) is 6.22. The summed E-state index contributed by atoms with van der Waals surface area (Å²) >= 11 is 6.09. The van der Waals surface area contributed by atoms with Crippen LogP contribution >= 0.6 is 11.6 Å². The summed E-state index contributed by atoms with van der Waals surface area (Å²) in [5.74, 6) is -0.701. The Morgan fingerprint density at radius 1 is 1.20 bits per heavy atom. The number of rotatable bonds is 6. The molecule has 0 saturated carbocycles. The van der Waals surface area contributed by atoms with Crippen molar-refractivity contribution < 1.29 is 18.7 Å². The van der Waals surface area contributed by atoms with Gasteiger partial charge < -0.3 is 10.1 Å². The van der Waals surface area contributed by atoms with Crippen molar-refractivity contribution in [3.8, 4) is 11.6 Å². The Labute approximate surface area is 178 Å². The molecule has 1 atom stereocenters. The standard InChI is InChI=1S/C22H21ClFN3O3/c1-12(15-5-7-16(8-6-15)14(3)28)25-21(29)20-13(2)26-27(4)22(20)30-19-11-17(24)9-10-18(19)23/h5-12H,1-4H3,(H,25,29)/t12-/m0/s1. The van der Waals surface area contributed by atoms with E-state index < -0.39 is 11.7 Å². The van der Waals surface area contributed by atoms with Gasteiger partial charge in [-0.15, -0.1) is 0 Å². The number of benzene rings is 2. The Morgan fingerprint density at radius 2 is 1.87 bits per heavy atom. The number of carbonyl (C=O) groups is 2. The number of ether oxygens (including phenoxy) is 1. The van der Waals surface area contributed by atoms with Gasteiger partial charge in [-0.2, -0.15) is 5.10 Å². The molecule has 1 heterocycles. The number of aryl methyl sites for hydroxylation is 2. The smallest absolute Gasteiger partial charge is 0.259 e. The highest BCUT2D eigenvalue weighted by Gasteiger charge is 2.24. The van der Waals surface area contributed by atoms with E-state index in [9.17, 15) is 14.0 Å². The summed E-state index contributed by atoms with van der Waals surface area (Å²) in [6, 6.07) is 10.4. The van der Waals surface area contributed by atoms with E-state index in [2.05, 4.69) is 10.4 Å². The van der Waals surface area contributed by atoms with E-state index >= 15 is 0 Å². The molecule has 0 spiro atoms. The predicted octanol–water partition coefficient (Wildman–Crippen LogP) is 5.01. The number of nitrogens with zero attached hydrogens (tertiary/aromatic N) is 2. The van der Waals surface area contributed by atoms with Crippen LogP contribution in [-0.2, 0) is 7.05 Å². The molecule has 2 aromatic carbocycles. The van der Waals surface area contributed by atoms with Crippen LogP contribution in [0, 0.1) is 12.7 Å². The molecule has 0 bridgehead atoms. The maximum absolute atomic E-state index is 13.6. The van der Waals surface area contributed by atoms with Crippen LogP contribution in [-0.4, -0.2) is 21.5 Å². The molecule has 0 aliphatic heterocycles. The number of Topliss-reactive ketones (excluding diaryl/α,β-unsaturated/α-hetero) is 1. The molecule has 1 amide bonds. The fourth-order valence-electron chi connectivity index (χ4n) is 3.03. The topological polar surface area (TPSA) is 73.2 Å². The number of ketones is 1. The van der Waals surface area contributed by atoms with Crippen LogP contribution in [0.3, 0.4) is 0 Å². The van der Waals surface area contributed by atoms with Gasteiger partial charge in [-0.25, -0.2) is 9.07 Å². The van der Waals surface area contributed by atoms with E-state index in [1.54, 1.807) is 38.2 Å². The molecule has 0 saturated heterocycles.